The van der Waals surface area contributed by atoms with Gasteiger partial charge in [-0.3, -0.25) is 9.69 Å². The monoisotopic (exact) mass is 479 g/mol. The highest BCUT2D eigenvalue weighted by Crippen LogP contribution is 2.32. The summed E-state index contributed by atoms with van der Waals surface area (Å²) in [6, 6.07) is 19.4. The van der Waals surface area contributed by atoms with Crippen molar-refractivity contribution in [1.29, 1.82) is 0 Å². The van der Waals surface area contributed by atoms with Crippen LogP contribution >= 0.6 is 0 Å². The van der Waals surface area contributed by atoms with E-state index in [1.165, 1.54) is 16.4 Å². The van der Waals surface area contributed by atoms with Gasteiger partial charge in [-0.2, -0.15) is 4.31 Å². The summed E-state index contributed by atoms with van der Waals surface area (Å²) in [5.74, 6) is -0.380. The highest BCUT2D eigenvalue weighted by molar-refractivity contribution is 7.89. The van der Waals surface area contributed by atoms with E-state index in [0.717, 1.165) is 15.7 Å². The van der Waals surface area contributed by atoms with Gasteiger partial charge in [0.1, 0.15) is 5.54 Å². The van der Waals surface area contributed by atoms with Gasteiger partial charge in [0.05, 0.1) is 24.7 Å². The van der Waals surface area contributed by atoms with Gasteiger partial charge in [0.15, 0.2) is 0 Å². The Morgan fingerprint density at radius 2 is 1.68 bits per heavy atom. The van der Waals surface area contributed by atoms with Crippen LogP contribution in [0.15, 0.2) is 71.6 Å². The van der Waals surface area contributed by atoms with Crippen molar-refractivity contribution in [2.24, 2.45) is 0 Å². The molecule has 34 heavy (non-hydrogen) atoms. The Morgan fingerprint density at radius 1 is 0.941 bits per heavy atom. The average Bonchev–Trinajstić information content (AvgIpc) is 3.08. The lowest BCUT2D eigenvalue weighted by molar-refractivity contribution is -0.131. The number of carbonyl (C=O) groups excluding carboxylic acids is 2. The molecule has 0 saturated carbocycles. The number of hydrogen-bond donors (Lipinski definition) is 1. The van der Waals surface area contributed by atoms with Crippen LogP contribution in [0.1, 0.15) is 18.1 Å². The van der Waals surface area contributed by atoms with Crippen LogP contribution in [0.4, 0.5) is 4.79 Å². The molecule has 5 rings (SSSR count). The molecule has 1 N–H and O–H groups in total. The van der Waals surface area contributed by atoms with E-state index in [1.807, 2.05) is 42.5 Å². The van der Waals surface area contributed by atoms with Crippen LogP contribution in [0, 0.1) is 0 Å². The number of fused-ring (bicyclic) bond motifs is 1. The number of ether oxygens (including phenoxy) is 1. The van der Waals surface area contributed by atoms with Gasteiger partial charge < -0.3 is 10.1 Å². The van der Waals surface area contributed by atoms with Crippen LogP contribution < -0.4 is 5.32 Å². The Labute approximate surface area is 198 Å². The summed E-state index contributed by atoms with van der Waals surface area (Å²) >= 11 is 0. The Hall–Kier alpha value is -3.27. The average molecular weight is 480 g/mol. The summed E-state index contributed by atoms with van der Waals surface area (Å²) in [7, 11) is -3.68. The van der Waals surface area contributed by atoms with Crippen molar-refractivity contribution in [2.75, 3.05) is 26.3 Å². The van der Waals surface area contributed by atoms with E-state index in [4.69, 9.17) is 4.74 Å². The molecule has 0 radical (unpaired) electrons. The molecule has 176 valence electrons. The molecule has 2 saturated heterocycles. The quantitative estimate of drug-likeness (QED) is 0.568. The summed E-state index contributed by atoms with van der Waals surface area (Å²) < 4.78 is 32.7. The Bertz CT molecular complexity index is 1380. The van der Waals surface area contributed by atoms with E-state index in [0.29, 0.717) is 37.4 Å². The number of benzene rings is 3. The number of morpholine rings is 1. The minimum atomic E-state index is -3.68. The summed E-state index contributed by atoms with van der Waals surface area (Å²) in [5.41, 5.74) is 0.0368. The Balaban J connectivity index is 1.40. The van der Waals surface area contributed by atoms with Gasteiger partial charge in [-0.1, -0.05) is 48.5 Å². The molecule has 3 amide bonds. The normalized spacial score (nSPS) is 21.7. The van der Waals surface area contributed by atoms with Crippen molar-refractivity contribution in [3.8, 4) is 0 Å². The van der Waals surface area contributed by atoms with E-state index >= 15 is 0 Å². The number of imide groups is 1. The predicted molar refractivity (Wildman–Crippen MR) is 126 cm³/mol. The van der Waals surface area contributed by atoms with E-state index in [1.54, 1.807) is 19.1 Å². The largest absolute Gasteiger partial charge is 0.379 e. The number of carbonyl (C=O) groups is 2. The molecule has 1 atom stereocenters. The fourth-order valence-electron chi connectivity index (χ4n) is 4.46. The van der Waals surface area contributed by atoms with Gasteiger partial charge in [0.25, 0.3) is 5.91 Å². The second-order valence-corrected chi connectivity index (χ2v) is 10.6. The molecule has 3 aromatic rings. The number of hydrogen-bond acceptors (Lipinski definition) is 5. The maximum absolute atomic E-state index is 13.4. The van der Waals surface area contributed by atoms with Crippen molar-refractivity contribution in [2.45, 2.75) is 23.9 Å². The number of rotatable bonds is 5. The van der Waals surface area contributed by atoms with Crippen molar-refractivity contribution in [1.82, 2.24) is 14.5 Å². The number of urea groups is 1. The number of nitrogens with one attached hydrogen (secondary N) is 1. The summed E-state index contributed by atoms with van der Waals surface area (Å²) in [4.78, 5) is 27.5. The molecule has 0 spiro atoms. The van der Waals surface area contributed by atoms with Crippen LogP contribution in [0.3, 0.4) is 0 Å². The minimum Gasteiger partial charge on any atom is -0.379 e. The fourth-order valence-corrected chi connectivity index (χ4v) is 5.94. The van der Waals surface area contributed by atoms with Crippen LogP contribution in [0.2, 0.25) is 0 Å². The summed E-state index contributed by atoms with van der Waals surface area (Å²) in [6.45, 7) is 2.97. The second kappa shape index (κ2) is 8.50. The van der Waals surface area contributed by atoms with Crippen LogP contribution in [0.25, 0.3) is 10.8 Å². The smallest absolute Gasteiger partial charge is 0.325 e. The highest BCUT2D eigenvalue weighted by atomic mass is 32.2. The molecule has 2 aliphatic rings. The second-order valence-electron chi connectivity index (χ2n) is 8.67. The zero-order valence-electron chi connectivity index (χ0n) is 18.7. The molecular formula is C25H25N3O5S. The molecule has 0 aliphatic carbocycles. The van der Waals surface area contributed by atoms with Crippen LogP contribution in [-0.4, -0.2) is 55.9 Å². The number of sulfonamides is 1. The molecule has 2 heterocycles. The van der Waals surface area contributed by atoms with Crippen molar-refractivity contribution >= 4 is 32.7 Å². The van der Waals surface area contributed by atoms with Crippen molar-refractivity contribution < 1.29 is 22.7 Å². The SMILES string of the molecule is CC1(c2ccc3ccccc3c2)NC(=O)N(Cc2cccc(S(=O)(=O)N3CCOCC3)c2)C1=O. The van der Waals surface area contributed by atoms with Crippen molar-refractivity contribution in [3.05, 3.63) is 77.9 Å². The van der Waals surface area contributed by atoms with Crippen molar-refractivity contribution in [3.63, 3.8) is 0 Å². The molecule has 1 unspecified atom stereocenters. The van der Waals surface area contributed by atoms with Crippen LogP contribution in [-0.2, 0) is 31.6 Å². The first-order valence-corrected chi connectivity index (χ1v) is 12.5. The first-order chi connectivity index (χ1) is 16.3. The molecule has 0 aromatic heterocycles. The van der Waals surface area contributed by atoms with Gasteiger partial charge >= 0.3 is 6.03 Å². The first kappa shape index (κ1) is 22.5. The van der Waals surface area contributed by atoms with E-state index in [-0.39, 0.29) is 17.3 Å². The van der Waals surface area contributed by atoms with Gasteiger partial charge in [-0.25, -0.2) is 13.2 Å². The summed E-state index contributed by atoms with van der Waals surface area (Å²) in [6.07, 6.45) is 0. The van der Waals surface area contributed by atoms with Gasteiger partial charge in [-0.05, 0) is 47.0 Å². The van der Waals surface area contributed by atoms with Crippen LogP contribution in [0.5, 0.6) is 0 Å². The molecule has 2 aliphatic heterocycles. The third-order valence-electron chi connectivity index (χ3n) is 6.45. The Morgan fingerprint density at radius 3 is 2.44 bits per heavy atom. The van der Waals surface area contributed by atoms with E-state index < -0.39 is 21.6 Å². The highest BCUT2D eigenvalue weighted by Gasteiger charge is 2.49. The van der Waals surface area contributed by atoms with E-state index in [2.05, 4.69) is 5.32 Å². The lowest BCUT2D eigenvalue weighted by atomic mass is 9.90. The zero-order chi connectivity index (χ0) is 23.9. The number of amides is 3. The minimum absolute atomic E-state index is 0.0275. The fraction of sp³-hybridized carbons (Fsp3) is 0.280. The van der Waals surface area contributed by atoms with Gasteiger partial charge in [-0.15, -0.1) is 0 Å². The van der Waals surface area contributed by atoms with Gasteiger partial charge in [0, 0.05) is 13.1 Å². The predicted octanol–water partition coefficient (Wildman–Crippen LogP) is 2.83. The molecule has 9 heteroatoms. The standard InChI is InChI=1S/C25H25N3O5S/c1-25(21-10-9-19-6-2-3-7-20(19)16-21)23(29)28(24(30)26-25)17-18-5-4-8-22(15-18)34(31,32)27-11-13-33-14-12-27/h2-10,15-16H,11-14,17H2,1H3,(H,26,30). The van der Waals surface area contributed by atoms with E-state index in [9.17, 15) is 18.0 Å². The topological polar surface area (TPSA) is 96.0 Å². The Kier molecular flexibility index (Phi) is 5.63. The zero-order valence-corrected chi connectivity index (χ0v) is 19.5. The lowest BCUT2D eigenvalue weighted by Crippen LogP contribution is -2.41. The molecule has 2 fully saturated rings. The maximum atomic E-state index is 13.4. The molecule has 0 bridgehead atoms. The molecular weight excluding hydrogens is 454 g/mol. The summed E-state index contributed by atoms with van der Waals surface area (Å²) in [5, 5.41) is 4.84. The molecule has 8 nitrogen and oxygen atoms in total. The third-order valence-corrected chi connectivity index (χ3v) is 8.34. The maximum Gasteiger partial charge on any atom is 0.325 e. The first-order valence-electron chi connectivity index (χ1n) is 11.1. The molecule has 3 aromatic carbocycles. The number of nitrogens with zero attached hydrogens (tertiary/aromatic N) is 2. The lowest BCUT2D eigenvalue weighted by Gasteiger charge is -2.26. The van der Waals surface area contributed by atoms with Gasteiger partial charge in [0.2, 0.25) is 10.0 Å². The third kappa shape index (κ3) is 3.85.